The second kappa shape index (κ2) is 6.50. The Balaban J connectivity index is 1.91. The molecule has 5 nitrogen and oxygen atoms in total. The lowest BCUT2D eigenvalue weighted by Crippen LogP contribution is -2.38. The van der Waals surface area contributed by atoms with Crippen LogP contribution in [0.1, 0.15) is 22.3 Å². The first-order chi connectivity index (χ1) is 14.4. The zero-order valence-corrected chi connectivity index (χ0v) is 15.3. The molecule has 0 aromatic heterocycles. The molecular weight excluding hydrogens is 399 g/mol. The molecule has 0 bridgehead atoms. The monoisotopic (exact) mass is 413 g/mol. The standard InChI is InChI=1S/C22H14F3NO4/c23-12-7-16(14-9-29-10-30-18(14)8-12)22(11-1-3-13(27)4-2-11)15-5-6-17(24)19(25)20(15)26-21(22)28/h1-8,27H,9-10H2,(H,26,28). The van der Waals surface area contributed by atoms with E-state index in [1.54, 1.807) is 0 Å². The molecule has 0 fully saturated rings. The van der Waals surface area contributed by atoms with Crippen LogP contribution in [0.15, 0.2) is 48.5 Å². The summed E-state index contributed by atoms with van der Waals surface area (Å²) in [6, 6.07) is 10.2. The Kier molecular flexibility index (Phi) is 4.01. The number of aromatic hydroxyl groups is 1. The number of fused-ring (bicyclic) bond motifs is 2. The Morgan fingerprint density at radius 1 is 1.00 bits per heavy atom. The van der Waals surface area contributed by atoms with Gasteiger partial charge in [0.1, 0.15) is 22.7 Å². The van der Waals surface area contributed by atoms with Gasteiger partial charge in [-0.3, -0.25) is 4.79 Å². The summed E-state index contributed by atoms with van der Waals surface area (Å²) in [5, 5.41) is 12.1. The van der Waals surface area contributed by atoms with Crippen molar-refractivity contribution in [1.82, 2.24) is 0 Å². The Labute approximate surface area is 168 Å². The van der Waals surface area contributed by atoms with Crippen LogP contribution < -0.4 is 10.1 Å². The van der Waals surface area contributed by atoms with E-state index in [2.05, 4.69) is 5.32 Å². The summed E-state index contributed by atoms with van der Waals surface area (Å²) in [4.78, 5) is 13.4. The van der Waals surface area contributed by atoms with Gasteiger partial charge in [0.05, 0.1) is 12.3 Å². The summed E-state index contributed by atoms with van der Waals surface area (Å²) in [6.45, 7) is -0.0399. The highest BCUT2D eigenvalue weighted by Gasteiger charge is 2.52. The van der Waals surface area contributed by atoms with Gasteiger partial charge < -0.3 is 19.9 Å². The summed E-state index contributed by atoms with van der Waals surface area (Å²) in [7, 11) is 0. The third kappa shape index (κ3) is 2.43. The normalized spacial score (nSPS) is 19.6. The Bertz CT molecular complexity index is 1200. The lowest BCUT2D eigenvalue weighted by atomic mass is 9.68. The first-order valence-corrected chi connectivity index (χ1v) is 9.06. The summed E-state index contributed by atoms with van der Waals surface area (Å²) in [6.07, 6.45) is 0. The molecule has 2 aliphatic rings. The van der Waals surface area contributed by atoms with Crippen LogP contribution in [0, 0.1) is 17.5 Å². The third-order valence-corrected chi connectivity index (χ3v) is 5.50. The minimum atomic E-state index is -1.71. The Morgan fingerprint density at radius 2 is 1.77 bits per heavy atom. The van der Waals surface area contributed by atoms with Crippen LogP contribution in [0.5, 0.6) is 11.5 Å². The van der Waals surface area contributed by atoms with Crippen molar-refractivity contribution in [2.45, 2.75) is 12.0 Å². The lowest BCUT2D eigenvalue weighted by molar-refractivity contribution is -0.118. The maximum Gasteiger partial charge on any atom is 0.244 e. The van der Waals surface area contributed by atoms with Crippen molar-refractivity contribution in [1.29, 1.82) is 0 Å². The number of ether oxygens (including phenoxy) is 2. The van der Waals surface area contributed by atoms with E-state index in [4.69, 9.17) is 9.47 Å². The summed E-state index contributed by atoms with van der Waals surface area (Å²) in [5.74, 6) is -3.52. The van der Waals surface area contributed by atoms with Crippen LogP contribution in [0.25, 0.3) is 0 Å². The van der Waals surface area contributed by atoms with E-state index in [0.717, 1.165) is 6.07 Å². The number of amides is 1. The molecule has 0 aliphatic carbocycles. The maximum absolute atomic E-state index is 14.6. The molecule has 2 heterocycles. The predicted molar refractivity (Wildman–Crippen MR) is 99.7 cm³/mol. The SMILES string of the molecule is O=C1Nc2c(ccc(F)c2F)C1(c1ccc(O)cc1)c1cc(F)cc2c1COCO2. The number of hydrogen-bond acceptors (Lipinski definition) is 4. The van der Waals surface area contributed by atoms with Gasteiger partial charge in [0.25, 0.3) is 0 Å². The van der Waals surface area contributed by atoms with Crippen LogP contribution in [0.4, 0.5) is 18.9 Å². The predicted octanol–water partition coefficient (Wildman–Crippen LogP) is 3.96. The lowest BCUT2D eigenvalue weighted by Gasteiger charge is -2.33. The van der Waals surface area contributed by atoms with E-state index in [0.29, 0.717) is 11.1 Å². The summed E-state index contributed by atoms with van der Waals surface area (Å²) < 4.78 is 53.8. The fourth-order valence-corrected chi connectivity index (χ4v) is 4.21. The fourth-order valence-electron chi connectivity index (χ4n) is 4.21. The Hall–Kier alpha value is -3.52. The second-order valence-electron chi connectivity index (χ2n) is 7.08. The topological polar surface area (TPSA) is 67.8 Å². The van der Waals surface area contributed by atoms with Gasteiger partial charge in [-0.25, -0.2) is 13.2 Å². The van der Waals surface area contributed by atoms with Crippen molar-refractivity contribution < 1.29 is 32.5 Å². The molecule has 3 aromatic carbocycles. The quantitative estimate of drug-likeness (QED) is 0.668. The number of anilines is 1. The van der Waals surface area contributed by atoms with E-state index in [9.17, 15) is 23.1 Å². The Morgan fingerprint density at radius 3 is 2.53 bits per heavy atom. The van der Waals surface area contributed by atoms with Gasteiger partial charge in [-0.15, -0.1) is 0 Å². The van der Waals surface area contributed by atoms with Crippen LogP contribution >= 0.6 is 0 Å². The highest BCUT2D eigenvalue weighted by Crippen LogP contribution is 2.51. The molecule has 0 saturated carbocycles. The molecule has 8 heteroatoms. The molecule has 152 valence electrons. The van der Waals surface area contributed by atoms with E-state index in [1.807, 2.05) is 0 Å². The van der Waals surface area contributed by atoms with Crippen LogP contribution in [0.2, 0.25) is 0 Å². The van der Waals surface area contributed by atoms with E-state index in [-0.39, 0.29) is 41.7 Å². The number of carbonyl (C=O) groups excluding carboxylic acids is 1. The smallest absolute Gasteiger partial charge is 0.244 e. The van der Waals surface area contributed by atoms with Crippen LogP contribution in [0.3, 0.4) is 0 Å². The van der Waals surface area contributed by atoms with E-state index < -0.39 is 28.8 Å². The highest BCUT2D eigenvalue weighted by atomic mass is 19.2. The molecule has 0 saturated heterocycles. The van der Waals surface area contributed by atoms with Gasteiger partial charge in [-0.05, 0) is 35.4 Å². The first kappa shape index (κ1) is 18.5. The molecule has 2 N–H and O–H groups in total. The summed E-state index contributed by atoms with van der Waals surface area (Å²) >= 11 is 0. The number of hydrogen-bond donors (Lipinski definition) is 2. The average molecular weight is 413 g/mol. The van der Waals surface area contributed by atoms with Gasteiger partial charge >= 0.3 is 0 Å². The summed E-state index contributed by atoms with van der Waals surface area (Å²) in [5.41, 5.74) is -0.970. The number of nitrogens with one attached hydrogen (secondary N) is 1. The number of phenolic OH excluding ortho intramolecular Hbond substituents is 1. The molecule has 5 rings (SSSR count). The van der Waals surface area contributed by atoms with Crippen molar-refractivity contribution in [3.05, 3.63) is 88.2 Å². The van der Waals surface area contributed by atoms with Crippen molar-refractivity contribution in [3.63, 3.8) is 0 Å². The van der Waals surface area contributed by atoms with Gasteiger partial charge in [0.15, 0.2) is 18.4 Å². The fraction of sp³-hybridized carbons (Fsp3) is 0.136. The van der Waals surface area contributed by atoms with Crippen molar-refractivity contribution in [3.8, 4) is 11.5 Å². The highest BCUT2D eigenvalue weighted by molar-refractivity contribution is 6.11. The van der Waals surface area contributed by atoms with Crippen molar-refractivity contribution in [2.75, 3.05) is 12.1 Å². The average Bonchev–Trinajstić information content (AvgIpc) is 3.04. The van der Waals surface area contributed by atoms with Gasteiger partial charge in [-0.2, -0.15) is 0 Å². The molecule has 0 spiro atoms. The molecule has 2 aliphatic heterocycles. The number of halogens is 3. The number of rotatable bonds is 2. The largest absolute Gasteiger partial charge is 0.508 e. The van der Waals surface area contributed by atoms with E-state index in [1.165, 1.54) is 42.5 Å². The number of benzene rings is 3. The van der Waals surface area contributed by atoms with Crippen LogP contribution in [-0.2, 0) is 21.6 Å². The van der Waals surface area contributed by atoms with Crippen LogP contribution in [-0.4, -0.2) is 17.8 Å². The minimum absolute atomic E-state index is 0.0388. The number of carbonyl (C=O) groups is 1. The molecule has 1 amide bonds. The first-order valence-electron chi connectivity index (χ1n) is 9.06. The van der Waals surface area contributed by atoms with Gasteiger partial charge in [0.2, 0.25) is 5.91 Å². The molecule has 3 aromatic rings. The van der Waals surface area contributed by atoms with E-state index >= 15 is 0 Å². The third-order valence-electron chi connectivity index (χ3n) is 5.50. The van der Waals surface area contributed by atoms with Gasteiger partial charge in [-0.1, -0.05) is 18.2 Å². The molecule has 1 unspecified atom stereocenters. The van der Waals surface area contributed by atoms with Crippen molar-refractivity contribution in [2.24, 2.45) is 0 Å². The minimum Gasteiger partial charge on any atom is -0.508 e. The zero-order valence-electron chi connectivity index (χ0n) is 15.3. The maximum atomic E-state index is 14.6. The second-order valence-corrected chi connectivity index (χ2v) is 7.08. The zero-order chi connectivity index (χ0) is 21.0. The van der Waals surface area contributed by atoms with Gasteiger partial charge in [0, 0.05) is 17.2 Å². The van der Waals surface area contributed by atoms with Crippen molar-refractivity contribution >= 4 is 11.6 Å². The molecular formula is C22H14F3NO4. The molecule has 1 atom stereocenters. The molecule has 0 radical (unpaired) electrons. The number of phenols is 1. The molecule has 30 heavy (non-hydrogen) atoms.